The zero-order chi connectivity index (χ0) is 19.0. The molecule has 1 aromatic carbocycles. The Kier molecular flexibility index (Phi) is 4.39. The maximum atomic E-state index is 12.2. The highest BCUT2D eigenvalue weighted by atomic mass is 35.5. The Morgan fingerprint density at radius 2 is 2.00 bits per heavy atom. The molecule has 4 rings (SSSR count). The van der Waals surface area contributed by atoms with Gasteiger partial charge in [-0.2, -0.15) is 0 Å². The Morgan fingerprint density at radius 3 is 2.81 bits per heavy atom. The van der Waals surface area contributed by atoms with E-state index in [4.69, 9.17) is 16.7 Å². The topological polar surface area (TPSA) is 86.9 Å². The van der Waals surface area contributed by atoms with Crippen molar-refractivity contribution in [2.75, 3.05) is 18.5 Å². The van der Waals surface area contributed by atoms with Gasteiger partial charge in [0.15, 0.2) is 0 Å². The molecule has 8 heteroatoms. The van der Waals surface area contributed by atoms with Crippen molar-refractivity contribution in [3.05, 3.63) is 65.6 Å². The summed E-state index contributed by atoms with van der Waals surface area (Å²) in [4.78, 5) is 29.7. The van der Waals surface area contributed by atoms with Crippen LogP contribution in [0.15, 0.2) is 60.6 Å². The molecule has 3 heterocycles. The van der Waals surface area contributed by atoms with Crippen LogP contribution in [0.4, 0.5) is 5.69 Å². The molecule has 2 aromatic heterocycles. The number of aromatic nitrogens is 2. The van der Waals surface area contributed by atoms with E-state index in [0.717, 1.165) is 21.8 Å². The lowest BCUT2D eigenvalue weighted by molar-refractivity contribution is -0.137. The summed E-state index contributed by atoms with van der Waals surface area (Å²) in [7, 11) is 0. The molecule has 7 nitrogen and oxygen atoms in total. The summed E-state index contributed by atoms with van der Waals surface area (Å²) in [6.45, 7) is -0.296. The number of amides is 2. The van der Waals surface area contributed by atoms with Gasteiger partial charge in [0.25, 0.3) is 11.8 Å². The van der Waals surface area contributed by atoms with E-state index in [9.17, 15) is 9.59 Å². The number of benzene rings is 1. The predicted molar refractivity (Wildman–Crippen MR) is 101 cm³/mol. The molecule has 0 unspecified atom stereocenters. The number of hydrogen-bond donors (Lipinski definition) is 2. The average Bonchev–Trinajstić information content (AvgIpc) is 3.18. The summed E-state index contributed by atoms with van der Waals surface area (Å²) in [5, 5.41) is 12.6. The lowest BCUT2D eigenvalue weighted by Gasteiger charge is -2.13. The van der Waals surface area contributed by atoms with Gasteiger partial charge in [0.2, 0.25) is 0 Å². The van der Waals surface area contributed by atoms with Crippen LogP contribution < -0.4 is 5.32 Å². The van der Waals surface area contributed by atoms with Crippen LogP contribution in [0.3, 0.4) is 0 Å². The Morgan fingerprint density at radius 1 is 1.15 bits per heavy atom. The van der Waals surface area contributed by atoms with Crippen LogP contribution in [0.2, 0.25) is 5.02 Å². The number of carbonyl (C=O) groups excluding carboxylic acids is 2. The predicted octanol–water partition coefficient (Wildman–Crippen LogP) is 2.31. The van der Waals surface area contributed by atoms with Crippen molar-refractivity contribution in [1.29, 1.82) is 0 Å². The Balaban J connectivity index is 1.60. The van der Waals surface area contributed by atoms with E-state index in [0.29, 0.717) is 10.7 Å². The van der Waals surface area contributed by atoms with Crippen LogP contribution in [-0.2, 0) is 9.59 Å². The van der Waals surface area contributed by atoms with E-state index >= 15 is 0 Å². The number of halogens is 1. The van der Waals surface area contributed by atoms with Gasteiger partial charge in [0, 0.05) is 29.7 Å². The van der Waals surface area contributed by atoms with E-state index in [1.54, 1.807) is 18.3 Å². The zero-order valence-electron chi connectivity index (χ0n) is 14.1. The summed E-state index contributed by atoms with van der Waals surface area (Å²) in [5.74, 6) is -0.897. The van der Waals surface area contributed by atoms with Crippen LogP contribution in [0.25, 0.3) is 16.9 Å². The second-order valence-corrected chi connectivity index (χ2v) is 6.46. The molecule has 3 aromatic rings. The third-order valence-corrected chi connectivity index (χ3v) is 4.41. The van der Waals surface area contributed by atoms with Gasteiger partial charge in [-0.05, 0) is 24.3 Å². The number of β-amino-alcohol motifs (C(OH)–C–C–N with tert-alkyl or cyclic N) is 1. The first-order valence-corrected chi connectivity index (χ1v) is 8.63. The van der Waals surface area contributed by atoms with Crippen molar-refractivity contribution in [2.24, 2.45) is 0 Å². The molecule has 0 radical (unpaired) electrons. The number of imidazole rings is 1. The van der Waals surface area contributed by atoms with E-state index in [2.05, 4.69) is 10.3 Å². The number of aliphatic hydroxyl groups excluding tert-OH is 1. The molecular formula is C19H15ClN4O3. The van der Waals surface area contributed by atoms with Crippen LogP contribution in [0.5, 0.6) is 0 Å². The molecule has 0 atom stereocenters. The van der Waals surface area contributed by atoms with Gasteiger partial charge in [-0.25, -0.2) is 4.98 Å². The van der Waals surface area contributed by atoms with Crippen molar-refractivity contribution < 1.29 is 14.7 Å². The van der Waals surface area contributed by atoms with E-state index in [1.165, 1.54) is 6.08 Å². The minimum atomic E-state index is -0.457. The fourth-order valence-corrected chi connectivity index (χ4v) is 3.09. The first-order chi connectivity index (χ1) is 13.0. The highest BCUT2D eigenvalue weighted by Crippen LogP contribution is 2.25. The third kappa shape index (κ3) is 3.30. The van der Waals surface area contributed by atoms with Gasteiger partial charge < -0.3 is 14.8 Å². The monoisotopic (exact) mass is 382 g/mol. The molecule has 1 aliphatic heterocycles. The zero-order valence-corrected chi connectivity index (χ0v) is 14.8. The van der Waals surface area contributed by atoms with Crippen LogP contribution in [0.1, 0.15) is 0 Å². The van der Waals surface area contributed by atoms with Crippen LogP contribution in [0, 0.1) is 0 Å². The van der Waals surface area contributed by atoms with Crippen LogP contribution >= 0.6 is 11.6 Å². The van der Waals surface area contributed by atoms with Crippen molar-refractivity contribution in [2.45, 2.75) is 0 Å². The van der Waals surface area contributed by atoms with Crippen LogP contribution in [-0.4, -0.2) is 44.4 Å². The van der Waals surface area contributed by atoms with Gasteiger partial charge >= 0.3 is 0 Å². The Bertz CT molecular complexity index is 1090. The van der Waals surface area contributed by atoms with Gasteiger partial charge in [-0.3, -0.25) is 14.5 Å². The second kappa shape index (κ2) is 6.86. The number of hydrogen-bond acceptors (Lipinski definition) is 5. The molecule has 0 bridgehead atoms. The molecular weight excluding hydrogens is 368 g/mol. The number of nitrogens with zero attached hydrogens (tertiary/aromatic N) is 3. The average molecular weight is 383 g/mol. The normalized spacial score (nSPS) is 14.1. The van der Waals surface area contributed by atoms with Gasteiger partial charge in [-0.15, -0.1) is 0 Å². The minimum absolute atomic E-state index is 0.0246. The van der Waals surface area contributed by atoms with Gasteiger partial charge in [0.05, 0.1) is 23.9 Å². The number of fused-ring (bicyclic) bond motifs is 1. The summed E-state index contributed by atoms with van der Waals surface area (Å²) in [5.41, 5.74) is 3.20. The third-order valence-electron chi connectivity index (χ3n) is 4.19. The van der Waals surface area contributed by atoms with Crippen molar-refractivity contribution in [3.8, 4) is 11.3 Å². The first-order valence-electron chi connectivity index (χ1n) is 8.25. The highest BCUT2D eigenvalue weighted by Gasteiger charge is 2.30. The van der Waals surface area contributed by atoms with Crippen molar-refractivity contribution in [1.82, 2.24) is 14.3 Å². The quantitative estimate of drug-likeness (QED) is 0.661. The number of nitrogens with one attached hydrogen (secondary N) is 1. The Hall–Kier alpha value is -3.16. The molecule has 0 spiro atoms. The highest BCUT2D eigenvalue weighted by molar-refractivity contribution is 6.30. The summed E-state index contributed by atoms with van der Waals surface area (Å²) in [6.07, 6.45) is 4.88. The molecule has 0 saturated heterocycles. The SMILES string of the molecule is O=C1C=C(Nc2cccc(-c3cn4cc(Cl)ccc4n3)c2)C(=O)N1CCO. The fraction of sp³-hybridized carbons (Fsp3) is 0.105. The van der Waals surface area contributed by atoms with Crippen molar-refractivity contribution in [3.63, 3.8) is 0 Å². The standard InChI is InChI=1S/C19H15ClN4O3/c20-13-4-5-17-22-16(11-23(17)10-13)12-2-1-3-14(8-12)21-15-9-18(26)24(6-7-25)19(15)27/h1-5,8-11,21,25H,6-7H2. The second-order valence-electron chi connectivity index (χ2n) is 6.02. The lowest BCUT2D eigenvalue weighted by Crippen LogP contribution is -2.34. The minimum Gasteiger partial charge on any atom is -0.395 e. The molecule has 27 heavy (non-hydrogen) atoms. The summed E-state index contributed by atoms with van der Waals surface area (Å²) in [6, 6.07) is 11.0. The summed E-state index contributed by atoms with van der Waals surface area (Å²) >= 11 is 6.01. The number of aliphatic hydroxyl groups is 1. The maximum absolute atomic E-state index is 12.2. The first kappa shape index (κ1) is 17.3. The molecule has 0 saturated carbocycles. The van der Waals surface area contributed by atoms with Gasteiger partial charge in [0.1, 0.15) is 11.3 Å². The Labute approximate surface area is 159 Å². The molecule has 0 fully saturated rings. The molecule has 0 aliphatic carbocycles. The molecule has 2 amide bonds. The number of anilines is 1. The number of rotatable bonds is 5. The summed E-state index contributed by atoms with van der Waals surface area (Å²) < 4.78 is 1.84. The smallest absolute Gasteiger partial charge is 0.277 e. The number of carbonyl (C=O) groups is 2. The number of pyridine rings is 1. The molecule has 1 aliphatic rings. The molecule has 136 valence electrons. The van der Waals surface area contributed by atoms with Gasteiger partial charge in [-0.1, -0.05) is 23.7 Å². The van der Waals surface area contributed by atoms with E-state index in [-0.39, 0.29) is 18.8 Å². The lowest BCUT2D eigenvalue weighted by atomic mass is 10.1. The largest absolute Gasteiger partial charge is 0.395 e. The van der Waals surface area contributed by atoms with E-state index in [1.807, 2.05) is 34.9 Å². The van der Waals surface area contributed by atoms with E-state index < -0.39 is 11.8 Å². The number of imide groups is 1. The maximum Gasteiger partial charge on any atom is 0.277 e. The molecule has 2 N–H and O–H groups in total. The fourth-order valence-electron chi connectivity index (χ4n) is 2.93. The van der Waals surface area contributed by atoms with Crippen molar-refractivity contribution >= 4 is 34.7 Å².